The normalized spacial score (nSPS) is 12.2. The Kier molecular flexibility index (Phi) is 6.14. The van der Waals surface area contributed by atoms with E-state index in [1.54, 1.807) is 6.07 Å². The van der Waals surface area contributed by atoms with Crippen LogP contribution in [0.2, 0.25) is 5.02 Å². The Bertz CT molecular complexity index is 1270. The van der Waals surface area contributed by atoms with Crippen LogP contribution in [0.5, 0.6) is 5.75 Å². The molecule has 1 heterocycles. The fraction of sp³-hybridized carbons (Fsp3) is 0.138. The number of rotatable bonds is 6. The maximum Gasteiger partial charge on any atom is 0.255 e. The van der Waals surface area contributed by atoms with Gasteiger partial charge in [-0.25, -0.2) is 0 Å². The van der Waals surface area contributed by atoms with Gasteiger partial charge in [0.1, 0.15) is 5.75 Å². The molecule has 1 aliphatic rings. The van der Waals surface area contributed by atoms with E-state index in [9.17, 15) is 4.79 Å². The largest absolute Gasteiger partial charge is 0.493 e. The number of benzene rings is 4. The van der Waals surface area contributed by atoms with Gasteiger partial charge >= 0.3 is 0 Å². The van der Waals surface area contributed by atoms with Crippen molar-refractivity contribution in [3.63, 3.8) is 0 Å². The number of fused-ring (bicyclic) bond motifs is 1. The van der Waals surface area contributed by atoms with Gasteiger partial charge in [-0.15, -0.1) is 0 Å². The van der Waals surface area contributed by atoms with E-state index in [1.807, 2.05) is 77.7 Å². The molecule has 0 radical (unpaired) electrons. The second-order valence-electron chi connectivity index (χ2n) is 8.24. The van der Waals surface area contributed by atoms with Gasteiger partial charge in [0.2, 0.25) is 0 Å². The Hall–Kier alpha value is -3.56. The molecule has 4 heteroatoms. The molecule has 164 valence electrons. The van der Waals surface area contributed by atoms with Crippen molar-refractivity contribution in [2.24, 2.45) is 0 Å². The zero-order chi connectivity index (χ0) is 22.6. The third-order valence-electron chi connectivity index (χ3n) is 5.93. The highest BCUT2D eigenvalue weighted by Gasteiger charge is 2.22. The summed E-state index contributed by atoms with van der Waals surface area (Å²) in [4.78, 5) is 15.8. The molecule has 0 aliphatic carbocycles. The summed E-state index contributed by atoms with van der Waals surface area (Å²) in [5.74, 6) is 0.869. The Balaban J connectivity index is 1.52. The first-order valence-corrected chi connectivity index (χ1v) is 11.5. The lowest BCUT2D eigenvalue weighted by Gasteiger charge is -2.25. The van der Waals surface area contributed by atoms with Gasteiger partial charge in [-0.2, -0.15) is 0 Å². The van der Waals surface area contributed by atoms with Gasteiger partial charge in [0.05, 0.1) is 6.61 Å². The summed E-state index contributed by atoms with van der Waals surface area (Å²) in [5.41, 5.74) is 5.81. The molecule has 0 spiro atoms. The molecule has 0 saturated carbocycles. The average molecular weight is 454 g/mol. The quantitative estimate of drug-likeness (QED) is 0.322. The van der Waals surface area contributed by atoms with Crippen molar-refractivity contribution in [3.05, 3.63) is 124 Å². The summed E-state index contributed by atoms with van der Waals surface area (Å²) in [7, 11) is 0. The van der Waals surface area contributed by atoms with E-state index >= 15 is 0 Å². The van der Waals surface area contributed by atoms with Crippen molar-refractivity contribution in [1.82, 2.24) is 4.90 Å². The van der Waals surface area contributed by atoms with Crippen LogP contribution in [0.1, 0.15) is 27.0 Å². The average Bonchev–Trinajstić information content (AvgIpc) is 3.32. The van der Waals surface area contributed by atoms with Gasteiger partial charge < -0.3 is 9.64 Å². The number of ether oxygens (including phenoxy) is 1. The standard InChI is InChI=1S/C29H24ClNO2/c30-25-13-14-26(23-9-5-2-6-10-23)27(18-25)29(32)31(19-21-7-3-1-4-8-21)20-22-11-12-24-15-16-33-28(24)17-22/h1-14,17-18H,15-16,19-20H2. The van der Waals surface area contributed by atoms with Crippen molar-refractivity contribution in [2.75, 3.05) is 6.61 Å². The summed E-state index contributed by atoms with van der Waals surface area (Å²) in [6.07, 6.45) is 0.936. The lowest BCUT2D eigenvalue weighted by atomic mass is 9.98. The van der Waals surface area contributed by atoms with E-state index in [-0.39, 0.29) is 5.91 Å². The molecule has 0 atom stereocenters. The number of hydrogen-bond donors (Lipinski definition) is 0. The SMILES string of the molecule is O=C(c1cc(Cl)ccc1-c1ccccc1)N(Cc1ccccc1)Cc1ccc2c(c1)OCC2. The molecule has 3 nitrogen and oxygen atoms in total. The summed E-state index contributed by atoms with van der Waals surface area (Å²) in [5, 5.41) is 0.545. The van der Waals surface area contributed by atoms with Gasteiger partial charge in [-0.1, -0.05) is 90.5 Å². The number of carbonyl (C=O) groups excluding carboxylic acids is 1. The van der Waals surface area contributed by atoms with Crippen molar-refractivity contribution in [1.29, 1.82) is 0 Å². The van der Waals surface area contributed by atoms with Gasteiger partial charge in [-0.05, 0) is 46.0 Å². The third-order valence-corrected chi connectivity index (χ3v) is 6.17. The van der Waals surface area contributed by atoms with Gasteiger partial charge in [0, 0.05) is 30.1 Å². The minimum atomic E-state index is -0.0541. The van der Waals surface area contributed by atoms with Crippen LogP contribution in [0.25, 0.3) is 11.1 Å². The van der Waals surface area contributed by atoms with Crippen LogP contribution in [-0.4, -0.2) is 17.4 Å². The molecular formula is C29H24ClNO2. The number of nitrogens with zero attached hydrogens (tertiary/aromatic N) is 1. The predicted molar refractivity (Wildman–Crippen MR) is 133 cm³/mol. The monoisotopic (exact) mass is 453 g/mol. The zero-order valence-corrected chi connectivity index (χ0v) is 19.0. The molecule has 0 aromatic heterocycles. The maximum absolute atomic E-state index is 14.0. The highest BCUT2D eigenvalue weighted by molar-refractivity contribution is 6.31. The highest BCUT2D eigenvalue weighted by atomic mass is 35.5. The van der Waals surface area contributed by atoms with Crippen LogP contribution < -0.4 is 4.74 Å². The smallest absolute Gasteiger partial charge is 0.255 e. The van der Waals surface area contributed by atoms with Crippen molar-refractivity contribution >= 4 is 17.5 Å². The van der Waals surface area contributed by atoms with Crippen LogP contribution in [0.4, 0.5) is 0 Å². The van der Waals surface area contributed by atoms with Gasteiger partial charge in [0.25, 0.3) is 5.91 Å². The summed E-state index contributed by atoms with van der Waals surface area (Å²) in [6, 6.07) is 31.8. The van der Waals surface area contributed by atoms with Crippen molar-refractivity contribution < 1.29 is 9.53 Å². The molecule has 0 fully saturated rings. The number of halogens is 1. The van der Waals surface area contributed by atoms with Crippen LogP contribution in [0, 0.1) is 0 Å². The molecule has 1 aliphatic heterocycles. The van der Waals surface area contributed by atoms with E-state index in [2.05, 4.69) is 18.2 Å². The van der Waals surface area contributed by atoms with Crippen LogP contribution in [0.15, 0.2) is 97.1 Å². The van der Waals surface area contributed by atoms with E-state index < -0.39 is 0 Å². The van der Waals surface area contributed by atoms with Crippen LogP contribution in [-0.2, 0) is 19.5 Å². The Morgan fingerprint density at radius 3 is 2.33 bits per heavy atom. The Labute approximate surface area is 199 Å². The number of amides is 1. The molecular weight excluding hydrogens is 430 g/mol. The number of carbonyl (C=O) groups is 1. The fourth-order valence-corrected chi connectivity index (χ4v) is 4.44. The fourth-order valence-electron chi connectivity index (χ4n) is 4.27. The molecule has 33 heavy (non-hydrogen) atoms. The van der Waals surface area contributed by atoms with Crippen LogP contribution >= 0.6 is 11.6 Å². The molecule has 0 N–H and O–H groups in total. The minimum absolute atomic E-state index is 0.0541. The first-order valence-electron chi connectivity index (χ1n) is 11.1. The molecule has 0 saturated heterocycles. The second kappa shape index (κ2) is 9.51. The lowest BCUT2D eigenvalue weighted by molar-refractivity contribution is 0.0730. The summed E-state index contributed by atoms with van der Waals surface area (Å²) < 4.78 is 5.76. The Morgan fingerprint density at radius 1 is 0.818 bits per heavy atom. The predicted octanol–water partition coefficient (Wildman–Crippen LogP) is 6.78. The summed E-state index contributed by atoms with van der Waals surface area (Å²) >= 11 is 6.35. The minimum Gasteiger partial charge on any atom is -0.493 e. The van der Waals surface area contributed by atoms with Crippen molar-refractivity contribution in [2.45, 2.75) is 19.5 Å². The molecule has 4 aromatic carbocycles. The van der Waals surface area contributed by atoms with E-state index in [0.717, 1.165) is 34.4 Å². The molecule has 0 unspecified atom stereocenters. The molecule has 4 aromatic rings. The second-order valence-corrected chi connectivity index (χ2v) is 8.68. The van der Waals surface area contributed by atoms with E-state index in [4.69, 9.17) is 16.3 Å². The van der Waals surface area contributed by atoms with Gasteiger partial charge in [0.15, 0.2) is 0 Å². The number of hydrogen-bond acceptors (Lipinski definition) is 2. The first kappa shape index (κ1) is 21.3. The molecule has 1 amide bonds. The molecule has 5 rings (SSSR count). The van der Waals surface area contributed by atoms with E-state index in [0.29, 0.717) is 30.3 Å². The maximum atomic E-state index is 14.0. The zero-order valence-electron chi connectivity index (χ0n) is 18.2. The van der Waals surface area contributed by atoms with Crippen molar-refractivity contribution in [3.8, 4) is 16.9 Å². The topological polar surface area (TPSA) is 29.5 Å². The molecule has 0 bridgehead atoms. The summed E-state index contributed by atoms with van der Waals surface area (Å²) in [6.45, 7) is 1.69. The van der Waals surface area contributed by atoms with Gasteiger partial charge in [-0.3, -0.25) is 4.79 Å². The highest BCUT2D eigenvalue weighted by Crippen LogP contribution is 2.30. The van der Waals surface area contributed by atoms with Crippen LogP contribution in [0.3, 0.4) is 0 Å². The third kappa shape index (κ3) is 4.79. The van der Waals surface area contributed by atoms with E-state index in [1.165, 1.54) is 5.56 Å². The Morgan fingerprint density at radius 2 is 1.55 bits per heavy atom. The lowest BCUT2D eigenvalue weighted by Crippen LogP contribution is -2.30. The first-order chi connectivity index (χ1) is 16.2.